The van der Waals surface area contributed by atoms with Gasteiger partial charge in [0, 0.05) is 13.8 Å². The molecule has 0 aliphatic heterocycles. The van der Waals surface area contributed by atoms with Crippen LogP contribution < -0.4 is 4.57 Å². The summed E-state index contributed by atoms with van der Waals surface area (Å²) in [5, 5.41) is 0. The summed E-state index contributed by atoms with van der Waals surface area (Å²) in [5.41, 5.74) is 3.36. The molecule has 0 N–H and O–H groups in total. The molecule has 2 aromatic carbocycles. The van der Waals surface area contributed by atoms with E-state index in [1.54, 1.807) is 17.7 Å². The molecule has 0 radical (unpaired) electrons. The van der Waals surface area contributed by atoms with E-state index in [0.29, 0.717) is 11.4 Å². The summed E-state index contributed by atoms with van der Waals surface area (Å²) in [6.45, 7) is -2.66. The quantitative estimate of drug-likeness (QED) is 0.649. The van der Waals surface area contributed by atoms with Crippen molar-refractivity contribution in [2.75, 3.05) is 0 Å². The summed E-state index contributed by atoms with van der Waals surface area (Å²) in [6, 6.07) is 12.8. The van der Waals surface area contributed by atoms with Gasteiger partial charge in [0.05, 0.1) is 18.8 Å². The monoisotopic (exact) mass is 295 g/mol. The van der Waals surface area contributed by atoms with Crippen LogP contribution in [0.5, 0.6) is 0 Å². The largest absolute Gasteiger partial charge is 0.330 e. The molecule has 0 aliphatic carbocycles. The third-order valence-electron chi connectivity index (χ3n) is 3.68. The van der Waals surface area contributed by atoms with E-state index in [-0.39, 0.29) is 11.1 Å². The lowest BCUT2D eigenvalue weighted by Gasteiger charge is -2.11. The first-order chi connectivity index (χ1) is 13.0. The summed E-state index contributed by atoms with van der Waals surface area (Å²) in [7, 11) is 1.73. The molecule has 2 nitrogen and oxygen atoms in total. The normalized spacial score (nSPS) is 15.9. The molecule has 0 saturated carbocycles. The van der Waals surface area contributed by atoms with Crippen molar-refractivity contribution >= 4 is 0 Å². The highest BCUT2D eigenvalue weighted by Gasteiger charge is 2.17. The zero-order chi connectivity index (χ0) is 20.7. The topological polar surface area (TPSA) is 16.8 Å². The van der Waals surface area contributed by atoms with Gasteiger partial charge in [0.2, 0.25) is 0 Å². The molecule has 1 aromatic heterocycles. The molecule has 0 amide bonds. The molecule has 22 heavy (non-hydrogen) atoms. The van der Waals surface area contributed by atoms with Gasteiger partial charge in [-0.25, -0.2) is 4.57 Å². The molecular formula is C20H21N2+. The van der Waals surface area contributed by atoms with Crippen molar-refractivity contribution in [3.8, 4) is 22.5 Å². The summed E-state index contributed by atoms with van der Waals surface area (Å²) in [6.07, 6.45) is 2.89. The first-order valence-corrected chi connectivity index (χ1v) is 7.05. The summed E-state index contributed by atoms with van der Waals surface area (Å²) in [4.78, 5) is 4.36. The van der Waals surface area contributed by atoms with Gasteiger partial charge in [0.15, 0.2) is 0 Å². The van der Waals surface area contributed by atoms with Crippen molar-refractivity contribution < 1.29 is 12.8 Å². The lowest BCUT2D eigenvalue weighted by atomic mass is 9.94. The SMILES string of the molecule is [2H]C([2H])([2H])c1cnc(-c2cc(-c3ccccc3)c(C([2H])([2H])[2H])cc2C)[n+](C)c1. The van der Waals surface area contributed by atoms with Crippen molar-refractivity contribution in [3.05, 3.63) is 71.5 Å². The van der Waals surface area contributed by atoms with Crippen molar-refractivity contribution in [2.24, 2.45) is 7.05 Å². The van der Waals surface area contributed by atoms with E-state index in [2.05, 4.69) is 4.98 Å². The predicted molar refractivity (Wildman–Crippen MR) is 90.5 cm³/mol. The van der Waals surface area contributed by atoms with E-state index in [1.165, 1.54) is 12.4 Å². The van der Waals surface area contributed by atoms with Crippen LogP contribution in [0.3, 0.4) is 0 Å². The van der Waals surface area contributed by atoms with Gasteiger partial charge in [-0.15, -0.1) is 0 Å². The third kappa shape index (κ3) is 2.64. The van der Waals surface area contributed by atoms with E-state index < -0.39 is 13.7 Å². The molecular weight excluding hydrogens is 268 g/mol. The number of benzene rings is 2. The highest BCUT2D eigenvalue weighted by Crippen LogP contribution is 2.30. The zero-order valence-electron chi connectivity index (χ0n) is 18.6. The Bertz CT molecular complexity index is 1010. The molecule has 0 bridgehead atoms. The van der Waals surface area contributed by atoms with Gasteiger partial charge >= 0.3 is 5.82 Å². The Labute approximate surface area is 140 Å². The first-order valence-electron chi connectivity index (χ1n) is 10.1. The number of rotatable bonds is 2. The fourth-order valence-corrected chi connectivity index (χ4v) is 2.59. The Balaban J connectivity index is 2.24. The molecule has 0 unspecified atom stereocenters. The fraction of sp³-hybridized carbons (Fsp3) is 0.200. The molecule has 1 heterocycles. The molecule has 3 rings (SSSR count). The van der Waals surface area contributed by atoms with Gasteiger partial charge < -0.3 is 0 Å². The third-order valence-corrected chi connectivity index (χ3v) is 3.68. The maximum atomic E-state index is 7.92. The standard InChI is InChI=1S/C20H21N2/c1-14-12-21-20(22(4)13-14)19-11-18(15(2)10-16(19)3)17-8-6-5-7-9-17/h5-13H,1-4H3/q+1/i1D3,2D3. The maximum Gasteiger partial charge on any atom is 0.330 e. The van der Waals surface area contributed by atoms with Gasteiger partial charge in [0.1, 0.15) is 6.20 Å². The van der Waals surface area contributed by atoms with Crippen LogP contribution in [0, 0.1) is 20.6 Å². The molecule has 2 heteroatoms. The molecule has 0 atom stereocenters. The molecule has 110 valence electrons. The van der Waals surface area contributed by atoms with E-state index in [1.807, 2.05) is 43.3 Å². The zero-order valence-corrected chi connectivity index (χ0v) is 12.6. The lowest BCUT2D eigenvalue weighted by molar-refractivity contribution is -0.663. The second kappa shape index (κ2) is 5.72. The van der Waals surface area contributed by atoms with Crippen LogP contribution >= 0.6 is 0 Å². The Hall–Kier alpha value is -2.48. The van der Waals surface area contributed by atoms with E-state index >= 15 is 0 Å². The highest BCUT2D eigenvalue weighted by molar-refractivity contribution is 5.74. The predicted octanol–water partition coefficient (Wildman–Crippen LogP) is 4.17. The van der Waals surface area contributed by atoms with Crippen molar-refractivity contribution in [2.45, 2.75) is 20.6 Å². The van der Waals surface area contributed by atoms with Crippen LogP contribution in [0.2, 0.25) is 0 Å². The van der Waals surface area contributed by atoms with Gasteiger partial charge in [-0.1, -0.05) is 36.4 Å². The van der Waals surface area contributed by atoms with Crippen LogP contribution in [0.15, 0.2) is 54.9 Å². The first kappa shape index (κ1) is 8.84. The summed E-state index contributed by atoms with van der Waals surface area (Å²) >= 11 is 0. The summed E-state index contributed by atoms with van der Waals surface area (Å²) < 4.78 is 48.1. The van der Waals surface area contributed by atoms with Gasteiger partial charge in [-0.05, 0) is 53.9 Å². The Morgan fingerprint density at radius 2 is 1.82 bits per heavy atom. The van der Waals surface area contributed by atoms with E-state index in [9.17, 15) is 0 Å². The number of hydrogen-bond donors (Lipinski definition) is 0. The lowest BCUT2D eigenvalue weighted by Crippen LogP contribution is -2.32. The van der Waals surface area contributed by atoms with Crippen LogP contribution in [0.4, 0.5) is 0 Å². The molecule has 0 spiro atoms. The minimum atomic E-state index is -2.25. The second-order valence-corrected chi connectivity index (χ2v) is 5.36. The minimum absolute atomic E-state index is 0.152. The minimum Gasteiger partial charge on any atom is -0.233 e. The van der Waals surface area contributed by atoms with Crippen LogP contribution in [-0.4, -0.2) is 4.98 Å². The van der Waals surface area contributed by atoms with Crippen LogP contribution in [0.1, 0.15) is 24.9 Å². The van der Waals surface area contributed by atoms with Crippen molar-refractivity contribution in [1.29, 1.82) is 0 Å². The molecule has 0 aliphatic rings. The molecule has 3 aromatic rings. The number of aromatic nitrogens is 2. The number of hydrogen-bond acceptors (Lipinski definition) is 1. The Morgan fingerprint density at radius 1 is 1.00 bits per heavy atom. The average molecular weight is 295 g/mol. The van der Waals surface area contributed by atoms with Crippen LogP contribution in [0.25, 0.3) is 22.5 Å². The van der Waals surface area contributed by atoms with Crippen LogP contribution in [-0.2, 0) is 7.05 Å². The average Bonchev–Trinajstić information content (AvgIpc) is 2.61. The van der Waals surface area contributed by atoms with E-state index in [0.717, 1.165) is 16.7 Å². The van der Waals surface area contributed by atoms with E-state index in [4.69, 9.17) is 8.22 Å². The number of nitrogens with zero attached hydrogens (tertiary/aromatic N) is 2. The highest BCUT2D eigenvalue weighted by atomic mass is 15.0. The fourth-order valence-electron chi connectivity index (χ4n) is 2.59. The van der Waals surface area contributed by atoms with Gasteiger partial charge in [-0.3, -0.25) is 0 Å². The number of aryl methyl sites for hydroxylation is 4. The summed E-state index contributed by atoms with van der Waals surface area (Å²) in [5.74, 6) is 0.569. The molecule has 0 fully saturated rings. The Morgan fingerprint density at radius 3 is 2.50 bits per heavy atom. The smallest absolute Gasteiger partial charge is 0.233 e. The molecule has 0 saturated heterocycles. The van der Waals surface area contributed by atoms with Crippen molar-refractivity contribution in [1.82, 2.24) is 4.98 Å². The maximum absolute atomic E-state index is 7.92. The Kier molecular flexibility index (Phi) is 2.30. The van der Waals surface area contributed by atoms with Gasteiger partial charge in [-0.2, -0.15) is 0 Å². The van der Waals surface area contributed by atoms with Gasteiger partial charge in [0.25, 0.3) is 0 Å². The second-order valence-electron chi connectivity index (χ2n) is 5.36. The van der Waals surface area contributed by atoms with Crippen molar-refractivity contribution in [3.63, 3.8) is 0 Å².